The molecule has 6 rings (SSSR count). The summed E-state index contributed by atoms with van der Waals surface area (Å²) in [5.74, 6) is 0.725. The molecule has 32 heavy (non-hydrogen) atoms. The molecular weight excluding hydrogens is 432 g/mol. The SMILES string of the molecule is CCOC(=O)C12CCC(c3noc(N4CCc5nc(NC(=O)NC)sc5C4)n3)(CC1)CC2. The highest BCUT2D eigenvalue weighted by Gasteiger charge is 2.55. The standard InChI is InChI=1S/C21H28N6O4S/c1-3-30-16(28)21-8-5-20(6-9-21,7-10-21)15-24-19(31-26-15)27-11-4-13-14(12-27)32-18(23-13)25-17(29)22-2/h3-12H2,1-2H3,(H2,22,23,25,29). The molecule has 0 aromatic carbocycles. The molecule has 1 aliphatic heterocycles. The number of urea groups is 1. The molecule has 11 heteroatoms. The summed E-state index contributed by atoms with van der Waals surface area (Å²) in [4.78, 5) is 36.6. The summed E-state index contributed by atoms with van der Waals surface area (Å²) < 4.78 is 11.0. The molecule has 3 heterocycles. The van der Waals surface area contributed by atoms with Gasteiger partial charge in [-0.3, -0.25) is 10.1 Å². The number of hydrogen-bond donors (Lipinski definition) is 2. The van der Waals surface area contributed by atoms with Crippen LogP contribution in [0.15, 0.2) is 4.52 Å². The van der Waals surface area contributed by atoms with Crippen LogP contribution in [0, 0.1) is 5.41 Å². The van der Waals surface area contributed by atoms with E-state index in [0.717, 1.165) is 67.9 Å². The second-order valence-electron chi connectivity index (χ2n) is 8.95. The number of anilines is 2. The molecular formula is C21H28N6O4S. The van der Waals surface area contributed by atoms with Crippen molar-refractivity contribution in [3.63, 3.8) is 0 Å². The van der Waals surface area contributed by atoms with Crippen LogP contribution in [-0.2, 0) is 27.9 Å². The zero-order valence-corrected chi connectivity index (χ0v) is 19.2. The second-order valence-corrected chi connectivity index (χ2v) is 10.0. The Morgan fingerprint density at radius 3 is 2.62 bits per heavy atom. The Morgan fingerprint density at radius 2 is 1.94 bits per heavy atom. The van der Waals surface area contributed by atoms with Crippen molar-refractivity contribution in [2.45, 2.75) is 63.8 Å². The molecule has 3 saturated carbocycles. The molecule has 2 amide bonds. The Kier molecular flexibility index (Phi) is 5.31. The molecule has 0 spiro atoms. The van der Waals surface area contributed by atoms with Gasteiger partial charge in [0.2, 0.25) is 0 Å². The summed E-state index contributed by atoms with van der Waals surface area (Å²) in [5.41, 5.74) is 0.581. The third-order valence-corrected chi connectivity index (χ3v) is 8.29. The Morgan fingerprint density at radius 1 is 1.19 bits per heavy atom. The van der Waals surface area contributed by atoms with Crippen LogP contribution in [0.2, 0.25) is 0 Å². The fourth-order valence-corrected chi connectivity index (χ4v) is 6.26. The van der Waals surface area contributed by atoms with Gasteiger partial charge in [-0.15, -0.1) is 0 Å². The number of carbonyl (C=O) groups excluding carboxylic acids is 2. The van der Waals surface area contributed by atoms with Crippen molar-refractivity contribution >= 4 is 34.5 Å². The van der Waals surface area contributed by atoms with Gasteiger partial charge in [-0.25, -0.2) is 9.78 Å². The van der Waals surface area contributed by atoms with Gasteiger partial charge < -0.3 is 19.5 Å². The number of hydrogen-bond acceptors (Lipinski definition) is 9. The van der Waals surface area contributed by atoms with Crippen LogP contribution >= 0.6 is 11.3 Å². The number of ether oxygens (including phenoxy) is 1. The van der Waals surface area contributed by atoms with E-state index in [-0.39, 0.29) is 22.8 Å². The largest absolute Gasteiger partial charge is 0.466 e. The third kappa shape index (κ3) is 3.52. The summed E-state index contributed by atoms with van der Waals surface area (Å²) >= 11 is 1.47. The lowest BCUT2D eigenvalue weighted by molar-refractivity contribution is -0.163. The second kappa shape index (κ2) is 8.02. The van der Waals surface area contributed by atoms with Gasteiger partial charge in [0.15, 0.2) is 11.0 Å². The molecule has 0 unspecified atom stereocenters. The lowest BCUT2D eigenvalue weighted by Gasteiger charge is -2.50. The number of nitrogens with zero attached hydrogens (tertiary/aromatic N) is 4. The van der Waals surface area contributed by atoms with E-state index in [1.54, 1.807) is 7.05 Å². The van der Waals surface area contributed by atoms with Gasteiger partial charge in [0.1, 0.15) is 0 Å². The number of nitrogens with one attached hydrogen (secondary N) is 2. The molecule has 3 fully saturated rings. The first kappa shape index (κ1) is 21.2. The summed E-state index contributed by atoms with van der Waals surface area (Å²) in [5, 5.41) is 10.2. The molecule has 2 aromatic rings. The molecule has 0 saturated heterocycles. The maximum Gasteiger partial charge on any atom is 0.324 e. The lowest BCUT2D eigenvalue weighted by atomic mass is 9.53. The molecule has 0 radical (unpaired) electrons. The third-order valence-electron chi connectivity index (χ3n) is 7.29. The Bertz CT molecular complexity index is 1010. The van der Waals surface area contributed by atoms with Crippen LogP contribution < -0.4 is 15.5 Å². The van der Waals surface area contributed by atoms with Crippen LogP contribution in [-0.4, -0.2) is 47.3 Å². The molecule has 172 valence electrons. The van der Waals surface area contributed by atoms with Gasteiger partial charge in [0, 0.05) is 30.3 Å². The minimum atomic E-state index is -0.319. The summed E-state index contributed by atoms with van der Waals surface area (Å²) in [6.07, 6.45) is 5.89. The van der Waals surface area contributed by atoms with E-state index in [9.17, 15) is 9.59 Å². The van der Waals surface area contributed by atoms with Crippen LogP contribution in [0.1, 0.15) is 61.8 Å². The fraction of sp³-hybridized carbons (Fsp3) is 0.667. The molecule has 4 aliphatic rings. The summed E-state index contributed by atoms with van der Waals surface area (Å²) in [7, 11) is 1.58. The average molecular weight is 461 g/mol. The minimum Gasteiger partial charge on any atom is -0.466 e. The highest BCUT2D eigenvalue weighted by atomic mass is 32.1. The highest BCUT2D eigenvalue weighted by Crippen LogP contribution is 2.57. The Hall–Kier alpha value is -2.69. The van der Waals surface area contributed by atoms with Crippen LogP contribution in [0.5, 0.6) is 0 Å². The normalized spacial score (nSPS) is 26.5. The maximum absolute atomic E-state index is 12.5. The number of amides is 2. The van der Waals surface area contributed by atoms with Gasteiger partial charge in [-0.2, -0.15) is 4.98 Å². The number of thiazole rings is 1. The van der Waals surface area contributed by atoms with E-state index in [0.29, 0.717) is 24.3 Å². The van der Waals surface area contributed by atoms with Crippen molar-refractivity contribution in [3.05, 3.63) is 16.4 Å². The first-order chi connectivity index (χ1) is 15.5. The molecule has 3 aliphatic carbocycles. The van der Waals surface area contributed by atoms with Crippen molar-refractivity contribution in [1.29, 1.82) is 0 Å². The van der Waals surface area contributed by atoms with Crippen LogP contribution in [0.25, 0.3) is 0 Å². The van der Waals surface area contributed by atoms with Crippen molar-refractivity contribution in [2.24, 2.45) is 5.41 Å². The summed E-state index contributed by atoms with van der Waals surface area (Å²) in [6.45, 7) is 3.65. The predicted molar refractivity (Wildman–Crippen MR) is 118 cm³/mol. The number of fused-ring (bicyclic) bond motifs is 4. The van der Waals surface area contributed by atoms with Gasteiger partial charge in [0.05, 0.1) is 24.3 Å². The number of rotatable bonds is 5. The van der Waals surface area contributed by atoms with Crippen molar-refractivity contribution in [1.82, 2.24) is 20.4 Å². The van der Waals surface area contributed by atoms with E-state index in [1.165, 1.54) is 11.3 Å². The number of aromatic nitrogens is 3. The molecule has 2 N–H and O–H groups in total. The minimum absolute atomic E-state index is 0.0407. The van der Waals surface area contributed by atoms with E-state index >= 15 is 0 Å². The Balaban J connectivity index is 1.27. The van der Waals surface area contributed by atoms with E-state index in [4.69, 9.17) is 14.2 Å². The van der Waals surface area contributed by atoms with Gasteiger partial charge >= 0.3 is 18.0 Å². The highest BCUT2D eigenvalue weighted by molar-refractivity contribution is 7.15. The van der Waals surface area contributed by atoms with Crippen molar-refractivity contribution in [3.8, 4) is 0 Å². The van der Waals surface area contributed by atoms with Gasteiger partial charge in [0.25, 0.3) is 0 Å². The van der Waals surface area contributed by atoms with Gasteiger partial charge in [-0.1, -0.05) is 16.5 Å². The van der Waals surface area contributed by atoms with Crippen LogP contribution in [0.3, 0.4) is 0 Å². The lowest BCUT2D eigenvalue weighted by Crippen LogP contribution is -2.49. The topological polar surface area (TPSA) is 122 Å². The van der Waals surface area contributed by atoms with E-state index in [2.05, 4.69) is 25.7 Å². The van der Waals surface area contributed by atoms with Gasteiger partial charge in [-0.05, 0) is 45.4 Å². The predicted octanol–water partition coefficient (Wildman–Crippen LogP) is 3.00. The molecule has 2 aromatic heterocycles. The zero-order chi connectivity index (χ0) is 22.3. The molecule has 0 atom stereocenters. The first-order valence-corrected chi connectivity index (χ1v) is 12.0. The van der Waals surface area contributed by atoms with Crippen LogP contribution in [0.4, 0.5) is 15.9 Å². The van der Waals surface area contributed by atoms with Crippen molar-refractivity contribution in [2.75, 3.05) is 30.4 Å². The molecule has 2 bridgehead atoms. The quantitative estimate of drug-likeness (QED) is 0.653. The monoisotopic (exact) mass is 460 g/mol. The van der Waals surface area contributed by atoms with Crippen molar-refractivity contribution < 1.29 is 18.8 Å². The smallest absolute Gasteiger partial charge is 0.324 e. The number of esters is 1. The Labute approximate surface area is 190 Å². The van der Waals surface area contributed by atoms with E-state index in [1.807, 2.05) is 6.92 Å². The maximum atomic E-state index is 12.5. The zero-order valence-electron chi connectivity index (χ0n) is 18.4. The average Bonchev–Trinajstić information content (AvgIpc) is 3.47. The fourth-order valence-electron chi connectivity index (χ4n) is 5.24. The number of carbonyl (C=O) groups is 2. The van der Waals surface area contributed by atoms with E-state index < -0.39 is 0 Å². The summed E-state index contributed by atoms with van der Waals surface area (Å²) in [6, 6.07) is 0.253. The molecule has 10 nitrogen and oxygen atoms in total. The first-order valence-electron chi connectivity index (χ1n) is 11.2.